The van der Waals surface area contributed by atoms with Gasteiger partial charge in [-0.25, -0.2) is 23.1 Å². The minimum atomic E-state index is -3.67. The third-order valence-electron chi connectivity index (χ3n) is 4.32. The zero-order valence-electron chi connectivity index (χ0n) is 13.9. The fourth-order valence-corrected chi connectivity index (χ4v) is 4.58. The SMILES string of the molecule is C[C@H]1c2nc(-c3ccccc3)nn2CCN1S(=O)(=O)c1cn(C)cn1. The highest BCUT2D eigenvalue weighted by molar-refractivity contribution is 7.89. The van der Waals surface area contributed by atoms with Gasteiger partial charge in [-0.15, -0.1) is 0 Å². The molecule has 0 bridgehead atoms. The van der Waals surface area contributed by atoms with Crippen molar-refractivity contribution in [1.82, 2.24) is 28.6 Å². The summed E-state index contributed by atoms with van der Waals surface area (Å²) in [7, 11) is -1.92. The number of sulfonamides is 1. The summed E-state index contributed by atoms with van der Waals surface area (Å²) < 4.78 is 30.6. The van der Waals surface area contributed by atoms with E-state index >= 15 is 0 Å². The van der Waals surface area contributed by atoms with Gasteiger partial charge in [0.25, 0.3) is 10.0 Å². The standard InChI is InChI=1S/C16H18N6O2S/c1-12-16-18-15(13-6-4-3-5-7-13)19-21(16)8-9-22(12)25(23,24)14-10-20(2)11-17-14/h3-7,10-12H,8-9H2,1-2H3/t12-/m0/s1. The number of aryl methyl sites for hydroxylation is 1. The van der Waals surface area contributed by atoms with Gasteiger partial charge in [0.2, 0.25) is 0 Å². The Kier molecular flexibility index (Phi) is 3.69. The molecule has 0 N–H and O–H groups in total. The second kappa shape index (κ2) is 5.78. The molecule has 0 radical (unpaired) electrons. The molecule has 9 heteroatoms. The summed E-state index contributed by atoms with van der Waals surface area (Å²) >= 11 is 0. The predicted molar refractivity (Wildman–Crippen MR) is 91.0 cm³/mol. The van der Waals surface area contributed by atoms with Crippen molar-refractivity contribution in [1.29, 1.82) is 0 Å². The van der Waals surface area contributed by atoms with Gasteiger partial charge in [0.1, 0.15) is 5.82 Å². The van der Waals surface area contributed by atoms with Crippen LogP contribution in [0.1, 0.15) is 18.8 Å². The van der Waals surface area contributed by atoms with Crippen molar-refractivity contribution in [2.45, 2.75) is 24.5 Å². The molecule has 0 amide bonds. The zero-order valence-corrected chi connectivity index (χ0v) is 14.8. The lowest BCUT2D eigenvalue weighted by Crippen LogP contribution is -2.41. The van der Waals surface area contributed by atoms with Crippen LogP contribution in [0.15, 0.2) is 47.9 Å². The lowest BCUT2D eigenvalue weighted by Gasteiger charge is -2.31. The largest absolute Gasteiger partial charge is 0.339 e. The molecule has 4 rings (SSSR count). The number of hydrogen-bond acceptors (Lipinski definition) is 5. The number of nitrogens with zero attached hydrogens (tertiary/aromatic N) is 6. The van der Waals surface area contributed by atoms with E-state index < -0.39 is 16.1 Å². The van der Waals surface area contributed by atoms with E-state index in [9.17, 15) is 8.42 Å². The van der Waals surface area contributed by atoms with Gasteiger partial charge >= 0.3 is 0 Å². The van der Waals surface area contributed by atoms with Crippen molar-refractivity contribution < 1.29 is 8.42 Å². The lowest BCUT2D eigenvalue weighted by atomic mass is 10.2. The Balaban J connectivity index is 1.70. The first-order valence-electron chi connectivity index (χ1n) is 7.97. The molecule has 130 valence electrons. The Morgan fingerprint density at radius 1 is 1.16 bits per heavy atom. The first kappa shape index (κ1) is 16.0. The van der Waals surface area contributed by atoms with Gasteiger partial charge in [0, 0.05) is 25.4 Å². The number of aromatic nitrogens is 5. The maximum absolute atomic E-state index is 12.9. The molecule has 1 aromatic carbocycles. The zero-order chi connectivity index (χ0) is 17.6. The van der Waals surface area contributed by atoms with Gasteiger partial charge in [-0.3, -0.25) is 0 Å². The normalized spacial score (nSPS) is 18.2. The Morgan fingerprint density at radius 3 is 2.60 bits per heavy atom. The maximum atomic E-state index is 12.9. The molecule has 8 nitrogen and oxygen atoms in total. The van der Waals surface area contributed by atoms with Crippen LogP contribution < -0.4 is 0 Å². The van der Waals surface area contributed by atoms with Gasteiger partial charge in [0.15, 0.2) is 10.9 Å². The first-order chi connectivity index (χ1) is 12.0. The molecule has 0 unspecified atom stereocenters. The van der Waals surface area contributed by atoms with Gasteiger partial charge in [-0.1, -0.05) is 30.3 Å². The van der Waals surface area contributed by atoms with Gasteiger partial charge in [-0.2, -0.15) is 9.40 Å². The number of rotatable bonds is 3. The maximum Gasteiger partial charge on any atom is 0.262 e. The molecule has 0 aliphatic carbocycles. The molecular formula is C16H18N6O2S. The van der Waals surface area contributed by atoms with Crippen LogP contribution in [0, 0.1) is 0 Å². The van der Waals surface area contributed by atoms with Gasteiger partial charge in [0.05, 0.1) is 18.9 Å². The number of hydrogen-bond donors (Lipinski definition) is 0. The molecule has 25 heavy (non-hydrogen) atoms. The van der Waals surface area contributed by atoms with Crippen LogP contribution in [0.3, 0.4) is 0 Å². The van der Waals surface area contributed by atoms with E-state index in [4.69, 9.17) is 0 Å². The van der Waals surface area contributed by atoms with Crippen molar-refractivity contribution in [3.8, 4) is 11.4 Å². The Bertz CT molecular complexity index is 1010. The third kappa shape index (κ3) is 2.65. The summed E-state index contributed by atoms with van der Waals surface area (Å²) in [5.74, 6) is 1.25. The van der Waals surface area contributed by atoms with E-state index in [1.54, 1.807) is 16.3 Å². The molecule has 0 saturated heterocycles. The van der Waals surface area contributed by atoms with Crippen LogP contribution in [0.25, 0.3) is 11.4 Å². The highest BCUT2D eigenvalue weighted by atomic mass is 32.2. The van der Waals surface area contributed by atoms with Crippen LogP contribution >= 0.6 is 0 Å². The van der Waals surface area contributed by atoms with Crippen molar-refractivity contribution >= 4 is 10.0 Å². The van der Waals surface area contributed by atoms with Crippen LogP contribution in [0.5, 0.6) is 0 Å². The number of fused-ring (bicyclic) bond motifs is 1. The summed E-state index contributed by atoms with van der Waals surface area (Å²) in [5, 5.41) is 4.58. The minimum absolute atomic E-state index is 0.0538. The molecule has 1 aliphatic rings. The van der Waals surface area contributed by atoms with Crippen LogP contribution in [-0.2, 0) is 23.6 Å². The van der Waals surface area contributed by atoms with E-state index in [1.807, 2.05) is 37.3 Å². The monoisotopic (exact) mass is 358 g/mol. The average molecular weight is 358 g/mol. The van der Waals surface area contributed by atoms with Gasteiger partial charge < -0.3 is 4.57 Å². The van der Waals surface area contributed by atoms with E-state index in [2.05, 4.69) is 15.1 Å². The summed E-state index contributed by atoms with van der Waals surface area (Å²) in [6, 6.07) is 9.25. The molecule has 0 saturated carbocycles. The summed E-state index contributed by atoms with van der Waals surface area (Å²) in [5.41, 5.74) is 0.913. The average Bonchev–Trinajstić information content (AvgIpc) is 3.23. The summed E-state index contributed by atoms with van der Waals surface area (Å²) in [6.45, 7) is 2.63. The quantitative estimate of drug-likeness (QED) is 0.707. The fourth-order valence-electron chi connectivity index (χ4n) is 3.02. The topological polar surface area (TPSA) is 85.9 Å². The van der Waals surface area contributed by atoms with Crippen molar-refractivity contribution in [3.63, 3.8) is 0 Å². The second-order valence-corrected chi connectivity index (χ2v) is 7.89. The number of imidazole rings is 1. The first-order valence-corrected chi connectivity index (χ1v) is 9.41. The fraction of sp³-hybridized carbons (Fsp3) is 0.312. The molecule has 1 aliphatic heterocycles. The second-order valence-electron chi connectivity index (χ2n) is 6.05. The van der Waals surface area contributed by atoms with E-state index in [0.717, 1.165) is 5.56 Å². The Hall–Kier alpha value is -2.52. The van der Waals surface area contributed by atoms with Crippen LogP contribution in [0.4, 0.5) is 0 Å². The van der Waals surface area contributed by atoms with Crippen LogP contribution in [0.2, 0.25) is 0 Å². The molecule has 3 aromatic rings. The molecule has 0 spiro atoms. The van der Waals surface area contributed by atoms with Crippen molar-refractivity contribution in [2.75, 3.05) is 6.54 Å². The molecule has 0 fully saturated rings. The highest BCUT2D eigenvalue weighted by Gasteiger charge is 2.37. The third-order valence-corrected chi connectivity index (χ3v) is 6.18. The molecule has 1 atom stereocenters. The predicted octanol–water partition coefficient (Wildman–Crippen LogP) is 1.44. The van der Waals surface area contributed by atoms with E-state index in [0.29, 0.717) is 24.7 Å². The van der Waals surface area contributed by atoms with Crippen LogP contribution in [-0.4, -0.2) is 43.6 Å². The Morgan fingerprint density at radius 2 is 1.92 bits per heavy atom. The van der Waals surface area contributed by atoms with Crippen molar-refractivity contribution in [3.05, 3.63) is 48.7 Å². The molecule has 3 heterocycles. The summed E-state index contributed by atoms with van der Waals surface area (Å²) in [6.07, 6.45) is 2.99. The molecule has 2 aromatic heterocycles. The van der Waals surface area contributed by atoms with E-state index in [1.165, 1.54) is 16.8 Å². The molecular weight excluding hydrogens is 340 g/mol. The lowest BCUT2D eigenvalue weighted by molar-refractivity contribution is 0.264. The number of benzene rings is 1. The highest BCUT2D eigenvalue weighted by Crippen LogP contribution is 2.30. The Labute approximate surface area is 145 Å². The van der Waals surface area contributed by atoms with Crippen molar-refractivity contribution in [2.24, 2.45) is 7.05 Å². The minimum Gasteiger partial charge on any atom is -0.339 e. The smallest absolute Gasteiger partial charge is 0.262 e. The van der Waals surface area contributed by atoms with Gasteiger partial charge in [-0.05, 0) is 6.92 Å². The summed E-state index contributed by atoms with van der Waals surface area (Å²) in [4.78, 5) is 8.58. The van der Waals surface area contributed by atoms with E-state index in [-0.39, 0.29) is 5.03 Å².